The second-order valence-electron chi connectivity index (χ2n) is 1.05. The predicted molar refractivity (Wildman–Crippen MR) is 26.6 cm³/mol. The Hall–Kier alpha value is -0.330. The van der Waals surface area contributed by atoms with Crippen LogP contribution in [0.5, 0.6) is 0 Å². The van der Waals surface area contributed by atoms with Crippen molar-refractivity contribution in [3.63, 3.8) is 0 Å². The van der Waals surface area contributed by atoms with E-state index >= 15 is 0 Å². The summed E-state index contributed by atoms with van der Waals surface area (Å²) in [6.07, 6.45) is 0. The van der Waals surface area contributed by atoms with E-state index in [0.29, 0.717) is 0 Å². The first-order valence-electron chi connectivity index (χ1n) is 1.85. The molecule has 0 radical (unpaired) electrons. The van der Waals surface area contributed by atoms with E-state index in [2.05, 4.69) is 0 Å². The molecule has 0 bridgehead atoms. The van der Waals surface area contributed by atoms with Crippen molar-refractivity contribution in [2.75, 3.05) is 4.93 Å². The molecule has 0 atom stereocenters. The topological polar surface area (TPSA) is 87.3 Å². The van der Waals surface area contributed by atoms with Crippen LogP contribution in [0.1, 0.15) is 0 Å². The molecule has 5 heteroatoms. The van der Waals surface area contributed by atoms with Gasteiger partial charge in [-0.2, -0.15) is 0 Å². The van der Waals surface area contributed by atoms with Gasteiger partial charge in [0.2, 0.25) is 0 Å². The van der Waals surface area contributed by atoms with Crippen molar-refractivity contribution in [2.24, 2.45) is 17.2 Å². The Morgan fingerprint density at radius 1 is 1.38 bits per heavy atom. The Morgan fingerprint density at radius 3 is 2.00 bits per heavy atom. The molecule has 4 nitrogen and oxygen atoms in total. The van der Waals surface area contributed by atoms with E-state index in [4.69, 9.17) is 20.3 Å². The van der Waals surface area contributed by atoms with Crippen LogP contribution < -0.4 is 38.8 Å². The molecule has 0 fully saturated rings. The summed E-state index contributed by atoms with van der Waals surface area (Å²) in [5.74, 6) is 0.215. The van der Waals surface area contributed by atoms with Crippen LogP contribution in [0.3, 0.4) is 0 Å². The van der Waals surface area contributed by atoms with E-state index < -0.39 is 0 Å². The van der Waals surface area contributed by atoms with E-state index in [0.717, 1.165) is 0 Å². The van der Waals surface area contributed by atoms with E-state index in [1.807, 2.05) is 4.93 Å². The van der Waals surface area contributed by atoms with Gasteiger partial charge in [-0.3, -0.25) is 0 Å². The Morgan fingerprint density at radius 2 is 1.88 bits per heavy atom. The molecule has 0 rings (SSSR count). The summed E-state index contributed by atoms with van der Waals surface area (Å²) in [4.78, 5) is 1.91. The van der Waals surface area contributed by atoms with Crippen molar-refractivity contribution in [3.8, 4) is 0 Å². The van der Waals surface area contributed by atoms with Crippen molar-refractivity contribution in [2.45, 2.75) is 0 Å². The summed E-state index contributed by atoms with van der Waals surface area (Å²) >= 11 is -0.309. The van der Waals surface area contributed by atoms with Crippen LogP contribution in [0.2, 0.25) is 0 Å². The Bertz CT molecular complexity index is 98.7. The minimum atomic E-state index is -0.309. The van der Waals surface area contributed by atoms with Crippen LogP contribution in [-0.2, 0) is 3.07 Å². The Labute approximate surface area is 58.9 Å². The third-order valence-corrected chi connectivity index (χ3v) is 1.36. The molecular formula is C3H9IN3O-. The van der Waals surface area contributed by atoms with Gasteiger partial charge in [0.05, 0.1) is 0 Å². The monoisotopic (exact) mass is 230 g/mol. The molecule has 0 saturated carbocycles. The van der Waals surface area contributed by atoms with Gasteiger partial charge >= 0.3 is 58.5 Å². The van der Waals surface area contributed by atoms with Crippen LogP contribution in [-0.4, -0.2) is 4.93 Å². The zero-order valence-electron chi connectivity index (χ0n) is 4.52. The van der Waals surface area contributed by atoms with Crippen LogP contribution in [0.15, 0.2) is 11.7 Å². The molecule has 0 aliphatic heterocycles. The van der Waals surface area contributed by atoms with Crippen LogP contribution in [0.4, 0.5) is 0 Å². The molecule has 0 aromatic carbocycles. The van der Waals surface area contributed by atoms with Crippen molar-refractivity contribution in [3.05, 3.63) is 11.7 Å². The van der Waals surface area contributed by atoms with Gasteiger partial charge in [0.15, 0.2) is 0 Å². The van der Waals surface area contributed by atoms with Crippen LogP contribution in [0.25, 0.3) is 0 Å². The second-order valence-corrected chi connectivity index (χ2v) is 2.37. The van der Waals surface area contributed by atoms with E-state index in [-0.39, 0.29) is 33.3 Å². The molecule has 50 valence electrons. The van der Waals surface area contributed by atoms with Gasteiger partial charge in [-0.1, -0.05) is 0 Å². The fraction of sp³-hybridized carbons (Fsp3) is 0.333. The molecular weight excluding hydrogens is 221 g/mol. The Balaban J connectivity index is 3.62. The van der Waals surface area contributed by atoms with Crippen LogP contribution in [0, 0.1) is 0 Å². The fourth-order valence-corrected chi connectivity index (χ4v) is 0.856. The maximum absolute atomic E-state index is 5.16. The van der Waals surface area contributed by atoms with Gasteiger partial charge in [0.25, 0.3) is 0 Å². The van der Waals surface area contributed by atoms with Crippen molar-refractivity contribution in [1.82, 2.24) is 0 Å². The molecule has 0 aliphatic rings. The van der Waals surface area contributed by atoms with Gasteiger partial charge < -0.3 is 0 Å². The first-order chi connectivity index (χ1) is 3.68. The Kier molecular flexibility index (Phi) is 3.49. The van der Waals surface area contributed by atoms with Gasteiger partial charge in [0, 0.05) is 0 Å². The molecule has 0 saturated heterocycles. The molecule has 0 aromatic rings. The summed E-state index contributed by atoms with van der Waals surface area (Å²) in [6, 6.07) is 0. The number of hydrogen-bond acceptors (Lipinski definition) is 4. The molecule has 0 aliphatic carbocycles. The molecule has 0 unspecified atom stereocenters. The summed E-state index contributed by atoms with van der Waals surface area (Å²) < 4.78 is 4.82. The number of halogens is 1. The molecule has 0 spiro atoms. The van der Waals surface area contributed by atoms with Crippen molar-refractivity contribution >= 4 is 0 Å². The molecule has 8 heavy (non-hydrogen) atoms. The van der Waals surface area contributed by atoms with E-state index in [1.165, 1.54) is 0 Å². The van der Waals surface area contributed by atoms with Gasteiger partial charge in [0.1, 0.15) is 0 Å². The van der Waals surface area contributed by atoms with Gasteiger partial charge in [-0.15, -0.1) is 0 Å². The number of nitrogens with two attached hydrogens (primary N) is 3. The van der Waals surface area contributed by atoms with E-state index in [1.54, 1.807) is 0 Å². The summed E-state index contributed by atoms with van der Waals surface area (Å²) in [5, 5.41) is 0. The number of rotatable bonds is 2. The van der Waals surface area contributed by atoms with Crippen LogP contribution >= 0.6 is 0 Å². The van der Waals surface area contributed by atoms with Gasteiger partial charge in [-0.25, -0.2) is 0 Å². The number of hydrogen-bond donors (Lipinski definition) is 3. The SMILES string of the molecule is C[I-]OC(N)=C(N)N. The zero-order valence-corrected chi connectivity index (χ0v) is 6.68. The predicted octanol–water partition coefficient (Wildman–Crippen LogP) is -4.36. The maximum atomic E-state index is 5.16. The first kappa shape index (κ1) is 7.67. The van der Waals surface area contributed by atoms with E-state index in [9.17, 15) is 0 Å². The summed E-state index contributed by atoms with van der Waals surface area (Å²) in [5.41, 5.74) is 15.3. The van der Waals surface area contributed by atoms with Gasteiger partial charge in [-0.05, 0) is 0 Å². The molecule has 0 heterocycles. The number of alkyl halides is 1. The minimum absolute atomic E-state index is 0.0616. The second kappa shape index (κ2) is 3.65. The summed E-state index contributed by atoms with van der Waals surface area (Å²) in [7, 11) is 0. The van der Waals surface area contributed by atoms with Crippen molar-refractivity contribution < 1.29 is 24.7 Å². The zero-order chi connectivity index (χ0) is 6.57. The fourth-order valence-electron chi connectivity index (χ4n) is 0.128. The average Bonchev–Trinajstić information content (AvgIpc) is 1.67. The first-order valence-corrected chi connectivity index (χ1v) is 4.89. The standard InChI is InChI=1S/C3H9IN3O/c1-4-8-3(7)2(5)6/h5-7H2,1H3/q-1. The third kappa shape index (κ3) is 2.78. The normalized spacial score (nSPS) is 8.62. The van der Waals surface area contributed by atoms with Crippen molar-refractivity contribution in [1.29, 1.82) is 0 Å². The molecule has 0 aromatic heterocycles. The quantitative estimate of drug-likeness (QED) is 0.254. The average molecular weight is 230 g/mol. The third-order valence-electron chi connectivity index (χ3n) is 0.445. The molecule has 0 amide bonds. The molecule has 6 N–H and O–H groups in total. The summed E-state index contributed by atoms with van der Waals surface area (Å²) in [6.45, 7) is 0.